The maximum atomic E-state index is 11.3. The predicted molar refractivity (Wildman–Crippen MR) is 53.4 cm³/mol. The summed E-state index contributed by atoms with van der Waals surface area (Å²) in [6, 6.07) is 0.251. The van der Waals surface area contributed by atoms with Crippen LogP contribution >= 0.6 is 0 Å². The zero-order valence-electron chi connectivity index (χ0n) is 8.86. The van der Waals surface area contributed by atoms with Crippen LogP contribution in [0.4, 0.5) is 0 Å². The lowest BCUT2D eigenvalue weighted by Gasteiger charge is -2.13. The average molecular weight is 215 g/mol. The van der Waals surface area contributed by atoms with Gasteiger partial charge in [-0.25, -0.2) is 4.79 Å². The molecule has 86 valence electrons. The first-order chi connectivity index (χ1) is 7.09. The van der Waals surface area contributed by atoms with Crippen LogP contribution < -0.4 is 5.32 Å². The van der Waals surface area contributed by atoms with Crippen molar-refractivity contribution >= 4 is 11.9 Å². The molecule has 5 nitrogen and oxygen atoms in total. The van der Waals surface area contributed by atoms with Crippen LogP contribution in [-0.4, -0.2) is 35.7 Å². The van der Waals surface area contributed by atoms with Crippen molar-refractivity contribution in [2.45, 2.75) is 44.8 Å². The van der Waals surface area contributed by atoms with Gasteiger partial charge in [0.25, 0.3) is 0 Å². The molecule has 0 bridgehead atoms. The van der Waals surface area contributed by atoms with E-state index in [0.29, 0.717) is 0 Å². The fraction of sp³-hybridized carbons (Fsp3) is 0.800. The van der Waals surface area contributed by atoms with Crippen molar-refractivity contribution in [2.24, 2.45) is 0 Å². The number of ether oxygens (including phenoxy) is 1. The molecule has 1 aliphatic carbocycles. The van der Waals surface area contributed by atoms with E-state index < -0.39 is 12.1 Å². The van der Waals surface area contributed by atoms with Gasteiger partial charge in [0, 0.05) is 6.04 Å². The summed E-state index contributed by atoms with van der Waals surface area (Å²) < 4.78 is 4.86. The molecular formula is C10H17NO4. The molecule has 0 aromatic carbocycles. The standard InChI is InChI=1S/C10H17NO4/c1-7(10(13)14)15-6-9(12)11-8-4-2-3-5-8/h7-8H,2-6H2,1H3,(H,11,12)(H,13,14)/t7-/m1/s1. The van der Waals surface area contributed by atoms with Crippen LogP contribution in [0.15, 0.2) is 0 Å². The number of nitrogens with one attached hydrogen (secondary N) is 1. The maximum absolute atomic E-state index is 11.3. The van der Waals surface area contributed by atoms with Gasteiger partial charge in [0.05, 0.1) is 0 Å². The van der Waals surface area contributed by atoms with E-state index in [2.05, 4.69) is 5.32 Å². The van der Waals surface area contributed by atoms with Crippen molar-refractivity contribution in [2.75, 3.05) is 6.61 Å². The molecular weight excluding hydrogens is 198 g/mol. The first-order valence-corrected chi connectivity index (χ1v) is 5.23. The normalized spacial score (nSPS) is 18.7. The van der Waals surface area contributed by atoms with Gasteiger partial charge in [-0.15, -0.1) is 0 Å². The largest absolute Gasteiger partial charge is 0.479 e. The number of aliphatic carboxylic acids is 1. The molecule has 1 fully saturated rings. The van der Waals surface area contributed by atoms with E-state index in [1.165, 1.54) is 6.92 Å². The van der Waals surface area contributed by atoms with E-state index in [4.69, 9.17) is 9.84 Å². The minimum absolute atomic E-state index is 0.177. The van der Waals surface area contributed by atoms with Gasteiger partial charge in [0.15, 0.2) is 6.10 Å². The Morgan fingerprint density at radius 3 is 2.60 bits per heavy atom. The Morgan fingerprint density at radius 1 is 1.47 bits per heavy atom. The van der Waals surface area contributed by atoms with Crippen molar-refractivity contribution in [1.82, 2.24) is 5.32 Å². The van der Waals surface area contributed by atoms with Crippen molar-refractivity contribution < 1.29 is 19.4 Å². The molecule has 1 rings (SSSR count). The third-order valence-corrected chi connectivity index (χ3v) is 2.53. The van der Waals surface area contributed by atoms with Crippen LogP contribution in [0.3, 0.4) is 0 Å². The Hall–Kier alpha value is -1.10. The second kappa shape index (κ2) is 5.70. The maximum Gasteiger partial charge on any atom is 0.332 e. The van der Waals surface area contributed by atoms with Gasteiger partial charge in [0.2, 0.25) is 5.91 Å². The topological polar surface area (TPSA) is 75.6 Å². The summed E-state index contributed by atoms with van der Waals surface area (Å²) in [5, 5.41) is 11.3. The summed E-state index contributed by atoms with van der Waals surface area (Å²) in [7, 11) is 0. The molecule has 0 radical (unpaired) electrons. The molecule has 1 aliphatic rings. The Bertz CT molecular complexity index is 236. The van der Waals surface area contributed by atoms with Crippen molar-refractivity contribution in [1.29, 1.82) is 0 Å². The molecule has 2 N–H and O–H groups in total. The fourth-order valence-corrected chi connectivity index (χ4v) is 1.61. The highest BCUT2D eigenvalue weighted by Gasteiger charge is 2.18. The minimum atomic E-state index is -1.05. The Morgan fingerprint density at radius 2 is 2.07 bits per heavy atom. The van der Waals surface area contributed by atoms with Gasteiger partial charge in [-0.2, -0.15) is 0 Å². The smallest absolute Gasteiger partial charge is 0.332 e. The summed E-state index contributed by atoms with van der Waals surface area (Å²) in [4.78, 5) is 21.7. The van der Waals surface area contributed by atoms with Crippen LogP contribution in [0, 0.1) is 0 Å². The quantitative estimate of drug-likeness (QED) is 0.701. The van der Waals surface area contributed by atoms with E-state index >= 15 is 0 Å². The van der Waals surface area contributed by atoms with E-state index in [1.807, 2.05) is 0 Å². The first kappa shape index (κ1) is 12.0. The van der Waals surface area contributed by atoms with Gasteiger partial charge in [0.1, 0.15) is 6.61 Å². The molecule has 0 saturated heterocycles. The number of carbonyl (C=O) groups is 2. The zero-order chi connectivity index (χ0) is 11.3. The highest BCUT2D eigenvalue weighted by atomic mass is 16.5. The molecule has 5 heteroatoms. The molecule has 1 atom stereocenters. The highest BCUT2D eigenvalue weighted by molar-refractivity contribution is 5.78. The summed E-state index contributed by atoms with van der Waals surface area (Å²) in [5.41, 5.74) is 0. The summed E-state index contributed by atoms with van der Waals surface area (Å²) in [5.74, 6) is -1.28. The number of rotatable bonds is 5. The third-order valence-electron chi connectivity index (χ3n) is 2.53. The molecule has 0 aromatic rings. The zero-order valence-corrected chi connectivity index (χ0v) is 8.86. The lowest BCUT2D eigenvalue weighted by Crippen LogP contribution is -2.37. The van der Waals surface area contributed by atoms with E-state index in [1.54, 1.807) is 0 Å². The number of hydrogen-bond acceptors (Lipinski definition) is 3. The Kier molecular flexibility index (Phi) is 4.55. The molecule has 0 heterocycles. The van der Waals surface area contributed by atoms with Crippen LogP contribution in [0.5, 0.6) is 0 Å². The average Bonchev–Trinajstić information content (AvgIpc) is 2.66. The third kappa shape index (κ3) is 4.29. The van der Waals surface area contributed by atoms with Gasteiger partial charge in [-0.3, -0.25) is 4.79 Å². The van der Waals surface area contributed by atoms with Crippen LogP contribution in [0.1, 0.15) is 32.6 Å². The summed E-state index contributed by atoms with van der Waals surface area (Å²) >= 11 is 0. The SMILES string of the molecule is C[C@@H](OCC(=O)NC1CCCC1)C(=O)O. The number of carboxylic acids is 1. The minimum Gasteiger partial charge on any atom is -0.479 e. The highest BCUT2D eigenvalue weighted by Crippen LogP contribution is 2.17. The van der Waals surface area contributed by atoms with Crippen molar-refractivity contribution in [3.63, 3.8) is 0 Å². The molecule has 1 amide bonds. The predicted octanol–water partition coefficient (Wildman–Crippen LogP) is 0.535. The van der Waals surface area contributed by atoms with Crippen LogP contribution in [0.2, 0.25) is 0 Å². The second-order valence-electron chi connectivity index (χ2n) is 3.84. The summed E-state index contributed by atoms with van der Waals surface area (Å²) in [6.45, 7) is 1.23. The first-order valence-electron chi connectivity index (χ1n) is 5.23. The molecule has 0 spiro atoms. The van der Waals surface area contributed by atoms with Crippen molar-refractivity contribution in [3.05, 3.63) is 0 Å². The van der Waals surface area contributed by atoms with E-state index in [0.717, 1.165) is 25.7 Å². The Balaban J connectivity index is 2.15. The molecule has 15 heavy (non-hydrogen) atoms. The molecule has 0 aromatic heterocycles. The summed E-state index contributed by atoms with van der Waals surface area (Å²) in [6.07, 6.45) is 3.40. The van der Waals surface area contributed by atoms with Crippen molar-refractivity contribution in [3.8, 4) is 0 Å². The number of amides is 1. The Labute approximate surface area is 88.8 Å². The second-order valence-corrected chi connectivity index (χ2v) is 3.84. The lowest BCUT2D eigenvalue weighted by molar-refractivity contribution is -0.150. The molecule has 0 aliphatic heterocycles. The fourth-order valence-electron chi connectivity index (χ4n) is 1.61. The number of hydrogen-bond donors (Lipinski definition) is 2. The van der Waals surface area contributed by atoms with E-state index in [9.17, 15) is 9.59 Å². The lowest BCUT2D eigenvalue weighted by atomic mass is 10.2. The van der Waals surface area contributed by atoms with Crippen LogP contribution in [-0.2, 0) is 14.3 Å². The van der Waals surface area contributed by atoms with Crippen LogP contribution in [0.25, 0.3) is 0 Å². The number of carbonyl (C=O) groups excluding carboxylic acids is 1. The van der Waals surface area contributed by atoms with E-state index in [-0.39, 0.29) is 18.6 Å². The van der Waals surface area contributed by atoms with Gasteiger partial charge < -0.3 is 15.2 Å². The van der Waals surface area contributed by atoms with Gasteiger partial charge in [-0.05, 0) is 19.8 Å². The van der Waals surface area contributed by atoms with Gasteiger partial charge in [-0.1, -0.05) is 12.8 Å². The molecule has 1 saturated carbocycles. The number of carboxylic acid groups (broad SMARTS) is 1. The monoisotopic (exact) mass is 215 g/mol. The van der Waals surface area contributed by atoms with Gasteiger partial charge >= 0.3 is 5.97 Å². The molecule has 0 unspecified atom stereocenters.